The van der Waals surface area contributed by atoms with Gasteiger partial charge in [0.05, 0.1) is 0 Å². The van der Waals surface area contributed by atoms with E-state index in [1.165, 1.54) is 11.9 Å². The molecule has 0 radical (unpaired) electrons. The van der Waals surface area contributed by atoms with Crippen LogP contribution in [-0.4, -0.2) is 42.1 Å². The summed E-state index contributed by atoms with van der Waals surface area (Å²) in [5.41, 5.74) is 2.16. The number of para-hydroxylation sites is 1. The molecule has 2 aromatic carbocycles. The Hall–Kier alpha value is -2.95. The summed E-state index contributed by atoms with van der Waals surface area (Å²) in [5, 5.41) is 0. The van der Waals surface area contributed by atoms with E-state index in [1.54, 1.807) is 29.2 Å². The Morgan fingerprint density at radius 1 is 1.04 bits per heavy atom. The van der Waals surface area contributed by atoms with Gasteiger partial charge in [0.2, 0.25) is 11.7 Å². The molecular weight excluding hydrogens is 316 g/mol. The van der Waals surface area contributed by atoms with E-state index in [9.17, 15) is 14.4 Å². The minimum Gasteiger partial charge on any atom is -0.327 e. The molecule has 1 saturated heterocycles. The lowest BCUT2D eigenvalue weighted by molar-refractivity contribution is -0.133. The maximum Gasteiger partial charge on any atom is 0.295 e. The second-order valence-electron chi connectivity index (χ2n) is 6.24. The maximum absolute atomic E-state index is 12.7. The maximum atomic E-state index is 12.7. The van der Waals surface area contributed by atoms with E-state index in [1.807, 2.05) is 37.3 Å². The Labute approximate surface area is 146 Å². The molecule has 1 atom stereocenters. The van der Waals surface area contributed by atoms with E-state index in [0.29, 0.717) is 18.5 Å². The van der Waals surface area contributed by atoms with Gasteiger partial charge >= 0.3 is 0 Å². The third-order valence-corrected chi connectivity index (χ3v) is 4.54. The van der Waals surface area contributed by atoms with Gasteiger partial charge in [0.25, 0.3) is 5.91 Å². The highest BCUT2D eigenvalue weighted by molar-refractivity contribution is 6.43. The van der Waals surface area contributed by atoms with Crippen molar-refractivity contribution in [2.24, 2.45) is 0 Å². The zero-order valence-electron chi connectivity index (χ0n) is 14.3. The summed E-state index contributed by atoms with van der Waals surface area (Å²) in [4.78, 5) is 40.5. The molecule has 25 heavy (non-hydrogen) atoms. The molecule has 0 unspecified atom stereocenters. The van der Waals surface area contributed by atoms with Crippen LogP contribution in [0, 0.1) is 6.92 Å². The number of ketones is 1. The van der Waals surface area contributed by atoms with Gasteiger partial charge in [0.15, 0.2) is 0 Å². The van der Waals surface area contributed by atoms with Crippen LogP contribution in [0.4, 0.5) is 5.69 Å². The first-order valence-corrected chi connectivity index (χ1v) is 8.23. The van der Waals surface area contributed by atoms with Crippen LogP contribution in [0.3, 0.4) is 0 Å². The number of nitrogens with zero attached hydrogens (tertiary/aromatic N) is 2. The van der Waals surface area contributed by atoms with Gasteiger partial charge in [-0.3, -0.25) is 14.4 Å². The molecular formula is C20H20N2O3. The Morgan fingerprint density at radius 2 is 1.68 bits per heavy atom. The molecule has 0 saturated carbocycles. The normalized spacial score (nSPS) is 16.8. The SMILES string of the molecule is Cc1ccc(C(=O)C(=O)N(C)[C@H]2CCN(c3ccccc3)C2=O)cc1. The summed E-state index contributed by atoms with van der Waals surface area (Å²) < 4.78 is 0. The number of carbonyl (C=O) groups is 3. The Morgan fingerprint density at radius 3 is 2.32 bits per heavy atom. The number of Topliss-reactive ketones (excluding diaryl/α,β-unsaturated/α-hetero) is 1. The number of anilines is 1. The van der Waals surface area contributed by atoms with Crippen molar-refractivity contribution in [1.29, 1.82) is 0 Å². The fraction of sp³-hybridized carbons (Fsp3) is 0.250. The Kier molecular flexibility index (Phi) is 4.65. The summed E-state index contributed by atoms with van der Waals surface area (Å²) >= 11 is 0. The number of amides is 2. The number of benzene rings is 2. The van der Waals surface area contributed by atoms with E-state index < -0.39 is 17.7 Å². The monoisotopic (exact) mass is 336 g/mol. The lowest BCUT2D eigenvalue weighted by Crippen LogP contribution is -2.45. The zero-order chi connectivity index (χ0) is 18.0. The molecule has 0 spiro atoms. The van der Waals surface area contributed by atoms with Crippen molar-refractivity contribution >= 4 is 23.3 Å². The molecule has 1 aliphatic heterocycles. The molecule has 1 heterocycles. The molecule has 0 N–H and O–H groups in total. The number of rotatable bonds is 4. The Bertz CT molecular complexity index is 799. The quantitative estimate of drug-likeness (QED) is 0.636. The predicted molar refractivity (Wildman–Crippen MR) is 95.5 cm³/mol. The summed E-state index contributed by atoms with van der Waals surface area (Å²) in [6.07, 6.45) is 0.511. The van der Waals surface area contributed by atoms with Gasteiger partial charge in [0, 0.05) is 24.8 Å². The highest BCUT2D eigenvalue weighted by Gasteiger charge is 2.38. The molecule has 3 rings (SSSR count). The van der Waals surface area contributed by atoms with Crippen LogP contribution >= 0.6 is 0 Å². The van der Waals surface area contributed by atoms with Gasteiger partial charge in [-0.15, -0.1) is 0 Å². The average Bonchev–Trinajstić information content (AvgIpc) is 3.02. The van der Waals surface area contributed by atoms with Crippen LogP contribution < -0.4 is 4.90 Å². The fourth-order valence-electron chi connectivity index (χ4n) is 3.02. The zero-order valence-corrected chi connectivity index (χ0v) is 14.3. The Balaban J connectivity index is 1.73. The van der Waals surface area contributed by atoms with Crippen molar-refractivity contribution in [3.05, 3.63) is 65.7 Å². The van der Waals surface area contributed by atoms with E-state index in [-0.39, 0.29) is 5.91 Å². The molecule has 5 nitrogen and oxygen atoms in total. The van der Waals surface area contributed by atoms with Crippen LogP contribution in [0.1, 0.15) is 22.3 Å². The second kappa shape index (κ2) is 6.89. The summed E-state index contributed by atoms with van der Waals surface area (Å²) in [7, 11) is 1.52. The smallest absolute Gasteiger partial charge is 0.295 e. The number of hydrogen-bond donors (Lipinski definition) is 0. The largest absolute Gasteiger partial charge is 0.327 e. The molecule has 1 aliphatic rings. The average molecular weight is 336 g/mol. The topological polar surface area (TPSA) is 57.7 Å². The van der Waals surface area contributed by atoms with Crippen LogP contribution in [0.25, 0.3) is 0 Å². The third kappa shape index (κ3) is 3.31. The van der Waals surface area contributed by atoms with E-state index in [2.05, 4.69) is 0 Å². The first-order chi connectivity index (χ1) is 12.0. The van der Waals surface area contributed by atoms with Gasteiger partial charge < -0.3 is 9.80 Å². The number of likely N-dealkylation sites (N-methyl/N-ethyl adjacent to an activating group) is 1. The van der Waals surface area contributed by atoms with Crippen molar-refractivity contribution in [2.45, 2.75) is 19.4 Å². The van der Waals surface area contributed by atoms with E-state index in [0.717, 1.165) is 11.3 Å². The molecule has 2 amide bonds. The molecule has 128 valence electrons. The summed E-state index contributed by atoms with van der Waals surface area (Å²) in [6.45, 7) is 2.45. The summed E-state index contributed by atoms with van der Waals surface area (Å²) in [5.74, 6) is -1.40. The highest BCUT2D eigenvalue weighted by atomic mass is 16.2. The van der Waals surface area contributed by atoms with Gasteiger partial charge in [-0.25, -0.2) is 0 Å². The van der Waals surface area contributed by atoms with Gasteiger partial charge in [-0.05, 0) is 25.5 Å². The predicted octanol–water partition coefficient (Wildman–Crippen LogP) is 2.44. The van der Waals surface area contributed by atoms with Crippen molar-refractivity contribution in [3.8, 4) is 0 Å². The third-order valence-electron chi connectivity index (χ3n) is 4.54. The summed E-state index contributed by atoms with van der Waals surface area (Å²) in [6, 6.07) is 15.6. The number of carbonyl (C=O) groups excluding carboxylic acids is 3. The van der Waals surface area contributed by atoms with Gasteiger partial charge in [0.1, 0.15) is 6.04 Å². The molecule has 0 aromatic heterocycles. The van der Waals surface area contributed by atoms with Crippen molar-refractivity contribution in [3.63, 3.8) is 0 Å². The highest BCUT2D eigenvalue weighted by Crippen LogP contribution is 2.24. The lowest BCUT2D eigenvalue weighted by Gasteiger charge is -2.23. The van der Waals surface area contributed by atoms with Gasteiger partial charge in [-0.1, -0.05) is 48.0 Å². The van der Waals surface area contributed by atoms with Crippen LogP contribution in [0.2, 0.25) is 0 Å². The lowest BCUT2D eigenvalue weighted by atomic mass is 10.1. The number of aryl methyl sites for hydroxylation is 1. The first-order valence-electron chi connectivity index (χ1n) is 8.23. The van der Waals surface area contributed by atoms with E-state index >= 15 is 0 Å². The van der Waals surface area contributed by atoms with E-state index in [4.69, 9.17) is 0 Å². The van der Waals surface area contributed by atoms with Gasteiger partial charge in [-0.2, -0.15) is 0 Å². The van der Waals surface area contributed by atoms with Crippen LogP contribution in [-0.2, 0) is 9.59 Å². The standard InChI is InChI=1S/C20H20N2O3/c1-14-8-10-15(11-9-14)18(23)20(25)21(2)17-12-13-22(19(17)24)16-6-4-3-5-7-16/h3-11,17H,12-13H2,1-2H3/t17-/m0/s1. The number of hydrogen-bond acceptors (Lipinski definition) is 3. The van der Waals surface area contributed by atoms with Crippen LogP contribution in [0.15, 0.2) is 54.6 Å². The molecule has 5 heteroatoms. The second-order valence-corrected chi connectivity index (χ2v) is 6.24. The van der Waals surface area contributed by atoms with Crippen molar-refractivity contribution < 1.29 is 14.4 Å². The molecule has 2 aromatic rings. The fourth-order valence-corrected chi connectivity index (χ4v) is 3.02. The molecule has 1 fully saturated rings. The first kappa shape index (κ1) is 16.9. The van der Waals surface area contributed by atoms with Crippen LogP contribution in [0.5, 0.6) is 0 Å². The van der Waals surface area contributed by atoms with Crippen molar-refractivity contribution in [2.75, 3.05) is 18.5 Å². The minimum atomic E-state index is -0.655. The minimum absolute atomic E-state index is 0.154. The van der Waals surface area contributed by atoms with Crippen molar-refractivity contribution in [1.82, 2.24) is 4.90 Å². The molecule has 0 bridgehead atoms. The molecule has 0 aliphatic carbocycles.